The van der Waals surface area contributed by atoms with E-state index in [1.54, 1.807) is 27.7 Å². The number of hydrogen-bond acceptors (Lipinski definition) is 10. The van der Waals surface area contributed by atoms with E-state index in [-0.39, 0.29) is 26.4 Å². The molecule has 0 spiro atoms. The van der Waals surface area contributed by atoms with Crippen LogP contribution in [0.25, 0.3) is 0 Å². The molecule has 2 fully saturated rings. The number of ether oxygens (including phenoxy) is 6. The lowest BCUT2D eigenvalue weighted by Crippen LogP contribution is -2.66. The highest BCUT2D eigenvalue weighted by Crippen LogP contribution is 2.62. The second kappa shape index (κ2) is 9.59. The molecule has 6 aliphatic rings. The highest BCUT2D eigenvalue weighted by molar-refractivity contribution is 5.88. The Bertz CT molecular complexity index is 1350. The van der Waals surface area contributed by atoms with Gasteiger partial charge in [0.25, 0.3) is 0 Å². The largest absolute Gasteiger partial charge is 0.492 e. The van der Waals surface area contributed by atoms with E-state index in [1.165, 1.54) is 12.2 Å². The number of hydrogen-bond donors (Lipinski definition) is 0. The molecule has 2 aliphatic carbocycles. The Morgan fingerprint density at radius 3 is 1.33 bits per heavy atom. The Morgan fingerprint density at radius 1 is 0.581 bits per heavy atom. The van der Waals surface area contributed by atoms with Gasteiger partial charge in [0.15, 0.2) is 0 Å². The van der Waals surface area contributed by atoms with Gasteiger partial charge in [0, 0.05) is 18.3 Å². The molecule has 0 N–H and O–H groups in total. The fraction of sp³-hybridized carbons (Fsp3) is 0.576. The maximum absolute atomic E-state index is 13.5. The summed E-state index contributed by atoms with van der Waals surface area (Å²) < 4.78 is 35.2. The first-order valence-electron chi connectivity index (χ1n) is 14.6. The first-order valence-corrected chi connectivity index (χ1v) is 14.6. The monoisotopic (exact) mass is 594 g/mol. The fourth-order valence-electron chi connectivity index (χ4n) is 7.88. The number of benzene rings is 1. The average Bonchev–Trinajstić information content (AvgIpc) is 2.90. The normalized spacial score (nSPS) is 38.7. The van der Waals surface area contributed by atoms with Crippen molar-refractivity contribution in [3.63, 3.8) is 0 Å². The molecule has 2 unspecified atom stereocenters. The molecular formula is C33H38O10. The minimum absolute atomic E-state index is 0.00763. The van der Waals surface area contributed by atoms with Gasteiger partial charge in [-0.05, 0) is 38.8 Å². The summed E-state index contributed by atoms with van der Waals surface area (Å²) in [5.41, 5.74) is -2.71. The number of fused-ring (bicyclic) bond motifs is 10. The fourth-order valence-corrected chi connectivity index (χ4v) is 7.88. The molecule has 7 rings (SSSR count). The number of esters is 4. The first kappa shape index (κ1) is 29.3. The van der Waals surface area contributed by atoms with Crippen LogP contribution < -0.4 is 0 Å². The van der Waals surface area contributed by atoms with Gasteiger partial charge in [-0.15, -0.1) is 0 Å². The Morgan fingerprint density at radius 2 is 0.953 bits per heavy atom. The van der Waals surface area contributed by atoms with Crippen LogP contribution in [0.4, 0.5) is 0 Å². The third-order valence-corrected chi connectivity index (χ3v) is 9.64. The number of rotatable bonds is 0. The predicted molar refractivity (Wildman–Crippen MR) is 149 cm³/mol. The molecule has 230 valence electrons. The van der Waals surface area contributed by atoms with Gasteiger partial charge in [0.05, 0.1) is 48.0 Å². The van der Waals surface area contributed by atoms with Crippen LogP contribution in [0.3, 0.4) is 0 Å². The summed E-state index contributed by atoms with van der Waals surface area (Å²) in [5.74, 6) is -2.14. The lowest BCUT2D eigenvalue weighted by molar-refractivity contribution is -0.229. The van der Waals surface area contributed by atoms with Crippen molar-refractivity contribution in [3.05, 3.63) is 59.1 Å². The van der Waals surface area contributed by atoms with Gasteiger partial charge in [0.2, 0.25) is 0 Å². The van der Waals surface area contributed by atoms with E-state index in [0.717, 1.165) is 11.1 Å². The van der Waals surface area contributed by atoms with Crippen LogP contribution in [-0.2, 0) is 60.8 Å². The van der Waals surface area contributed by atoms with E-state index in [4.69, 9.17) is 28.4 Å². The highest BCUT2D eigenvalue weighted by atomic mass is 16.6. The third kappa shape index (κ3) is 4.79. The van der Waals surface area contributed by atoms with Gasteiger partial charge in [-0.3, -0.25) is 9.59 Å². The molecule has 0 saturated heterocycles. The maximum atomic E-state index is 13.5. The topological polar surface area (TPSA) is 124 Å². The Hall–Kier alpha value is -3.82. The lowest BCUT2D eigenvalue weighted by Gasteiger charge is -2.58. The van der Waals surface area contributed by atoms with Crippen molar-refractivity contribution in [3.8, 4) is 0 Å². The zero-order valence-electron chi connectivity index (χ0n) is 25.4. The Kier molecular flexibility index (Phi) is 6.53. The second-order valence-corrected chi connectivity index (χ2v) is 14.3. The summed E-state index contributed by atoms with van der Waals surface area (Å²) in [5, 5.41) is 0. The van der Waals surface area contributed by atoms with Gasteiger partial charge in [-0.25, -0.2) is 9.59 Å². The summed E-state index contributed by atoms with van der Waals surface area (Å²) in [6.07, 6.45) is 3.20. The van der Waals surface area contributed by atoms with Crippen LogP contribution >= 0.6 is 0 Å². The van der Waals surface area contributed by atoms with Crippen LogP contribution in [-0.4, -0.2) is 48.3 Å². The average molecular weight is 595 g/mol. The summed E-state index contributed by atoms with van der Waals surface area (Å²) in [6, 6.07) is 7.54. The quantitative estimate of drug-likeness (QED) is 0.317. The van der Waals surface area contributed by atoms with Crippen LogP contribution in [0.1, 0.15) is 65.5 Å². The van der Waals surface area contributed by atoms with E-state index in [1.807, 2.05) is 38.1 Å². The third-order valence-electron chi connectivity index (χ3n) is 9.64. The van der Waals surface area contributed by atoms with Gasteiger partial charge in [0.1, 0.15) is 35.9 Å². The summed E-state index contributed by atoms with van der Waals surface area (Å²) in [4.78, 5) is 51.9. The molecule has 2 bridgehead atoms. The summed E-state index contributed by atoms with van der Waals surface area (Å²) in [7, 11) is 0. The van der Waals surface area contributed by atoms with Gasteiger partial charge in [-0.1, -0.05) is 38.1 Å². The second-order valence-electron chi connectivity index (χ2n) is 14.3. The molecule has 0 amide bonds. The van der Waals surface area contributed by atoms with Crippen LogP contribution in [0.2, 0.25) is 0 Å². The smallest absolute Gasteiger partial charge is 0.334 e. The molecule has 1 aromatic carbocycles. The van der Waals surface area contributed by atoms with Crippen molar-refractivity contribution in [2.75, 3.05) is 13.2 Å². The van der Waals surface area contributed by atoms with Crippen LogP contribution in [0.5, 0.6) is 0 Å². The van der Waals surface area contributed by atoms with Gasteiger partial charge in [-0.2, -0.15) is 0 Å². The molecule has 10 heteroatoms. The predicted octanol–water partition coefficient (Wildman–Crippen LogP) is 4.30. The van der Waals surface area contributed by atoms with Crippen molar-refractivity contribution in [1.29, 1.82) is 0 Å². The summed E-state index contributed by atoms with van der Waals surface area (Å²) >= 11 is 0. The molecular weight excluding hydrogens is 556 g/mol. The summed E-state index contributed by atoms with van der Waals surface area (Å²) in [6.45, 7) is 11.3. The minimum atomic E-state index is -0.973. The van der Waals surface area contributed by atoms with E-state index in [0.29, 0.717) is 24.4 Å². The SMILES string of the molecule is CC1(C)COC(=O)[C@]2(C)C[C@]3(C)OC(=O)C=C(OCc4ccc(cc4)COC4=CC(=O)O[C@]5(C)C[C@](C)(C(=O)OC1)C45)C23. The van der Waals surface area contributed by atoms with E-state index in [2.05, 4.69) is 0 Å². The van der Waals surface area contributed by atoms with Crippen molar-refractivity contribution in [2.45, 2.75) is 78.8 Å². The van der Waals surface area contributed by atoms with Gasteiger partial charge < -0.3 is 28.4 Å². The minimum Gasteiger partial charge on any atom is -0.492 e. The zero-order chi connectivity index (χ0) is 31.0. The molecule has 43 heavy (non-hydrogen) atoms. The van der Waals surface area contributed by atoms with Crippen molar-refractivity contribution >= 4 is 23.9 Å². The molecule has 10 nitrogen and oxygen atoms in total. The molecule has 4 heterocycles. The standard InChI is InChI=1S/C33H38O10/c1-29(2)17-40-27(36)30(3)15-32(5)25(30)21(11-23(34)42-32)38-13-19-7-9-20(10-8-19)14-39-22-12-24(35)43-33(6)16-31(4,26(22)33)28(37)41-18-29/h7-12,25-26H,13-18H2,1-6H3/t25?,26?,30-,31+,32+,33-. The molecule has 4 aliphatic heterocycles. The van der Waals surface area contributed by atoms with E-state index >= 15 is 0 Å². The first-order chi connectivity index (χ1) is 20.1. The lowest BCUT2D eigenvalue weighted by atomic mass is 9.51. The Balaban J connectivity index is 1.30. The maximum Gasteiger partial charge on any atom is 0.334 e. The Labute approximate surface area is 250 Å². The molecule has 6 atom stereocenters. The number of carbonyl (C=O) groups excluding carboxylic acids is 4. The zero-order valence-corrected chi connectivity index (χ0v) is 25.4. The molecule has 2 saturated carbocycles. The van der Waals surface area contributed by atoms with Gasteiger partial charge >= 0.3 is 23.9 Å². The molecule has 1 aromatic rings. The highest BCUT2D eigenvalue weighted by Gasteiger charge is 2.70. The van der Waals surface area contributed by atoms with Crippen LogP contribution in [0.15, 0.2) is 47.9 Å². The van der Waals surface area contributed by atoms with Crippen LogP contribution in [0, 0.1) is 28.1 Å². The van der Waals surface area contributed by atoms with E-state index in [9.17, 15) is 19.2 Å². The van der Waals surface area contributed by atoms with Crippen molar-refractivity contribution in [1.82, 2.24) is 0 Å². The van der Waals surface area contributed by atoms with E-state index < -0.39 is 63.2 Å². The van der Waals surface area contributed by atoms with Crippen molar-refractivity contribution < 1.29 is 47.6 Å². The van der Waals surface area contributed by atoms with Crippen molar-refractivity contribution in [2.24, 2.45) is 28.1 Å². The molecule has 0 radical (unpaired) electrons. The number of carbonyl (C=O) groups is 4. The molecule has 0 aromatic heterocycles.